The lowest BCUT2D eigenvalue weighted by Gasteiger charge is -2.23. The molecule has 8 heteroatoms. The molecule has 1 fully saturated rings. The van der Waals surface area contributed by atoms with E-state index in [0.717, 1.165) is 12.8 Å². The average Bonchev–Trinajstić information content (AvgIpc) is 3.24. The molecule has 0 spiro atoms. The first-order valence-electron chi connectivity index (χ1n) is 8.42. The van der Waals surface area contributed by atoms with Gasteiger partial charge in [-0.2, -0.15) is 5.10 Å². The number of hydrogen-bond acceptors (Lipinski definition) is 5. The van der Waals surface area contributed by atoms with E-state index in [2.05, 4.69) is 15.2 Å². The Morgan fingerprint density at radius 2 is 2.36 bits per heavy atom. The molecule has 1 aromatic carbocycles. The van der Waals surface area contributed by atoms with Crippen LogP contribution in [0.5, 0.6) is 5.75 Å². The second-order valence-corrected chi connectivity index (χ2v) is 6.07. The minimum absolute atomic E-state index is 0.211. The number of benzene rings is 1. The van der Waals surface area contributed by atoms with Crippen molar-refractivity contribution in [2.24, 2.45) is 5.73 Å². The zero-order valence-electron chi connectivity index (χ0n) is 14.2. The number of aromatic nitrogens is 3. The Morgan fingerprint density at radius 1 is 1.52 bits per heavy atom. The highest BCUT2D eigenvalue weighted by molar-refractivity contribution is 5.97. The van der Waals surface area contributed by atoms with Crippen molar-refractivity contribution in [2.75, 3.05) is 19.7 Å². The van der Waals surface area contributed by atoms with Crippen LogP contribution < -0.4 is 10.5 Å². The van der Waals surface area contributed by atoms with Gasteiger partial charge in [-0.15, -0.1) is 0 Å². The highest BCUT2D eigenvalue weighted by Gasteiger charge is 2.34. The molecule has 0 unspecified atom stereocenters. The van der Waals surface area contributed by atoms with E-state index in [1.54, 1.807) is 4.90 Å². The first kappa shape index (κ1) is 17.3. The van der Waals surface area contributed by atoms with Crippen molar-refractivity contribution in [3.63, 3.8) is 0 Å². The smallest absolute Gasteiger partial charge is 0.258 e. The number of H-pyrrole nitrogens is 1. The van der Waals surface area contributed by atoms with Crippen LogP contribution >= 0.6 is 0 Å². The largest absolute Gasteiger partial charge is 0.493 e. The maximum atomic E-state index is 13.7. The second-order valence-electron chi connectivity index (χ2n) is 6.07. The summed E-state index contributed by atoms with van der Waals surface area (Å²) in [7, 11) is 0. The van der Waals surface area contributed by atoms with Crippen molar-refractivity contribution in [3.05, 3.63) is 41.2 Å². The van der Waals surface area contributed by atoms with E-state index < -0.39 is 5.82 Å². The topological polar surface area (TPSA) is 97.1 Å². The molecule has 3 N–H and O–H groups in total. The Bertz CT molecular complexity index is 748. The minimum Gasteiger partial charge on any atom is -0.493 e. The van der Waals surface area contributed by atoms with E-state index in [4.69, 9.17) is 10.5 Å². The van der Waals surface area contributed by atoms with E-state index in [0.29, 0.717) is 43.5 Å². The number of nitrogens with two attached hydrogens (primary N) is 1. The Kier molecular flexibility index (Phi) is 5.28. The van der Waals surface area contributed by atoms with Crippen LogP contribution in [-0.2, 0) is 0 Å². The fourth-order valence-corrected chi connectivity index (χ4v) is 3.00. The standard InChI is InChI=1S/C17H22FN5O2/c1-11-20-16(22-21-11)14-4-2-8-23(14)17(24)13-10-12(18)5-6-15(13)25-9-3-7-19/h5-6,10,14H,2-4,7-9,19H2,1H3,(H,20,21,22)/t14-/m0/s1. The summed E-state index contributed by atoms with van der Waals surface area (Å²) < 4.78 is 19.4. The number of nitrogens with zero attached hydrogens (tertiary/aromatic N) is 3. The molecule has 0 bridgehead atoms. The molecule has 1 aromatic heterocycles. The first-order chi connectivity index (χ1) is 12.1. The summed E-state index contributed by atoms with van der Waals surface area (Å²) in [5.74, 6) is 0.916. The molecule has 2 aromatic rings. The minimum atomic E-state index is -0.473. The lowest BCUT2D eigenvalue weighted by molar-refractivity contribution is 0.0725. The number of likely N-dealkylation sites (tertiary alicyclic amines) is 1. The SMILES string of the molecule is Cc1nc([C@@H]2CCCN2C(=O)c2cc(F)ccc2OCCCN)n[nH]1. The Morgan fingerprint density at radius 3 is 3.08 bits per heavy atom. The highest BCUT2D eigenvalue weighted by atomic mass is 19.1. The number of carbonyl (C=O) groups is 1. The fraction of sp³-hybridized carbons (Fsp3) is 0.471. The molecule has 0 aliphatic carbocycles. The lowest BCUT2D eigenvalue weighted by Crippen LogP contribution is -2.31. The summed E-state index contributed by atoms with van der Waals surface area (Å²) in [5, 5.41) is 6.98. The van der Waals surface area contributed by atoms with Gasteiger partial charge in [0.25, 0.3) is 5.91 Å². The van der Waals surface area contributed by atoms with Gasteiger partial charge in [-0.1, -0.05) is 0 Å². The molecule has 1 atom stereocenters. The molecule has 3 rings (SSSR count). The van der Waals surface area contributed by atoms with Crippen LogP contribution in [0.1, 0.15) is 47.3 Å². The van der Waals surface area contributed by atoms with Gasteiger partial charge in [0.2, 0.25) is 0 Å². The van der Waals surface area contributed by atoms with Crippen LogP contribution in [0.3, 0.4) is 0 Å². The van der Waals surface area contributed by atoms with Crippen molar-refractivity contribution >= 4 is 5.91 Å². The van der Waals surface area contributed by atoms with E-state index in [9.17, 15) is 9.18 Å². The number of hydrogen-bond donors (Lipinski definition) is 2. The number of rotatable bonds is 6. The van der Waals surface area contributed by atoms with Crippen LogP contribution in [0.25, 0.3) is 0 Å². The van der Waals surface area contributed by atoms with Gasteiger partial charge in [-0.3, -0.25) is 9.89 Å². The predicted molar refractivity (Wildman–Crippen MR) is 89.7 cm³/mol. The second kappa shape index (κ2) is 7.60. The molecular formula is C17H22FN5O2. The molecule has 1 amide bonds. The average molecular weight is 347 g/mol. The first-order valence-corrected chi connectivity index (χ1v) is 8.42. The molecule has 1 aliphatic heterocycles. The van der Waals surface area contributed by atoms with Gasteiger partial charge in [-0.05, 0) is 50.9 Å². The van der Waals surface area contributed by atoms with Gasteiger partial charge in [0, 0.05) is 6.54 Å². The third kappa shape index (κ3) is 3.79. The molecule has 1 saturated heterocycles. The van der Waals surface area contributed by atoms with E-state index in [-0.39, 0.29) is 17.5 Å². The molecule has 0 saturated carbocycles. The number of ether oxygens (including phenoxy) is 1. The number of aromatic amines is 1. The predicted octanol–water partition coefficient (Wildman–Crippen LogP) is 1.96. The van der Waals surface area contributed by atoms with Crippen LogP contribution in [0, 0.1) is 12.7 Å². The Hall–Kier alpha value is -2.48. The maximum Gasteiger partial charge on any atom is 0.258 e. The summed E-state index contributed by atoms with van der Waals surface area (Å²) in [5.41, 5.74) is 5.69. The fourth-order valence-electron chi connectivity index (χ4n) is 3.00. The number of halogens is 1. The molecule has 134 valence electrons. The van der Waals surface area contributed by atoms with Gasteiger partial charge < -0.3 is 15.4 Å². The lowest BCUT2D eigenvalue weighted by atomic mass is 10.1. The van der Waals surface area contributed by atoms with E-state index in [1.807, 2.05) is 6.92 Å². The summed E-state index contributed by atoms with van der Waals surface area (Å²) >= 11 is 0. The van der Waals surface area contributed by atoms with Crippen LogP contribution in [-0.4, -0.2) is 45.7 Å². The quantitative estimate of drug-likeness (QED) is 0.779. The molecule has 2 heterocycles. The van der Waals surface area contributed by atoms with Crippen molar-refractivity contribution in [3.8, 4) is 5.75 Å². The van der Waals surface area contributed by atoms with Crippen LogP contribution in [0.4, 0.5) is 4.39 Å². The highest BCUT2D eigenvalue weighted by Crippen LogP contribution is 2.33. The normalized spacial score (nSPS) is 17.1. The molecule has 25 heavy (non-hydrogen) atoms. The third-order valence-electron chi connectivity index (χ3n) is 4.20. The number of nitrogens with one attached hydrogen (secondary N) is 1. The monoisotopic (exact) mass is 347 g/mol. The summed E-state index contributed by atoms with van der Waals surface area (Å²) in [6.07, 6.45) is 2.29. The summed E-state index contributed by atoms with van der Waals surface area (Å²) in [6, 6.07) is 3.78. The summed E-state index contributed by atoms with van der Waals surface area (Å²) in [4.78, 5) is 19.1. The van der Waals surface area contributed by atoms with Crippen molar-refractivity contribution in [1.82, 2.24) is 20.1 Å². The van der Waals surface area contributed by atoms with Crippen LogP contribution in [0.2, 0.25) is 0 Å². The van der Waals surface area contributed by atoms with Crippen molar-refractivity contribution in [2.45, 2.75) is 32.2 Å². The maximum absolute atomic E-state index is 13.7. The van der Waals surface area contributed by atoms with Gasteiger partial charge in [0.05, 0.1) is 18.2 Å². The molecule has 1 aliphatic rings. The Labute approximate surface area is 145 Å². The Balaban J connectivity index is 1.85. The zero-order chi connectivity index (χ0) is 17.8. The van der Waals surface area contributed by atoms with Crippen molar-refractivity contribution in [1.29, 1.82) is 0 Å². The molecular weight excluding hydrogens is 325 g/mol. The van der Waals surface area contributed by atoms with E-state index >= 15 is 0 Å². The van der Waals surface area contributed by atoms with Gasteiger partial charge in [0.15, 0.2) is 5.82 Å². The number of carbonyl (C=O) groups excluding carboxylic acids is 1. The van der Waals surface area contributed by atoms with E-state index in [1.165, 1.54) is 18.2 Å². The van der Waals surface area contributed by atoms with Gasteiger partial charge >= 0.3 is 0 Å². The number of amides is 1. The third-order valence-corrected chi connectivity index (χ3v) is 4.20. The summed E-state index contributed by atoms with van der Waals surface area (Å²) in [6.45, 7) is 3.26. The van der Waals surface area contributed by atoms with Gasteiger partial charge in [0.1, 0.15) is 17.4 Å². The van der Waals surface area contributed by atoms with Crippen LogP contribution in [0.15, 0.2) is 18.2 Å². The number of aryl methyl sites for hydroxylation is 1. The van der Waals surface area contributed by atoms with Crippen molar-refractivity contribution < 1.29 is 13.9 Å². The molecule has 0 radical (unpaired) electrons. The van der Waals surface area contributed by atoms with Gasteiger partial charge in [-0.25, -0.2) is 9.37 Å². The zero-order valence-corrected chi connectivity index (χ0v) is 14.2. The molecule has 7 nitrogen and oxygen atoms in total.